The Morgan fingerprint density at radius 2 is 1.77 bits per heavy atom. The first-order valence-corrected chi connectivity index (χ1v) is 10.3. The lowest BCUT2D eigenvalue weighted by Crippen LogP contribution is -2.25. The first kappa shape index (κ1) is 21.5. The summed E-state index contributed by atoms with van der Waals surface area (Å²) in [6, 6.07) is 14.7. The molecule has 10 heteroatoms. The summed E-state index contributed by atoms with van der Waals surface area (Å²) in [5.41, 5.74) is 2.45. The second-order valence-electron chi connectivity index (χ2n) is 6.24. The monoisotopic (exact) mass is 527 g/mol. The predicted molar refractivity (Wildman–Crippen MR) is 121 cm³/mol. The minimum atomic E-state index is -0.394. The summed E-state index contributed by atoms with van der Waals surface area (Å²) in [6.07, 6.45) is 1.07. The first-order chi connectivity index (χ1) is 14.4. The van der Waals surface area contributed by atoms with Gasteiger partial charge >= 0.3 is 5.56 Å². The van der Waals surface area contributed by atoms with Crippen LogP contribution in [0.1, 0.15) is 17.5 Å². The van der Waals surface area contributed by atoms with Gasteiger partial charge in [-0.1, -0.05) is 0 Å². The van der Waals surface area contributed by atoms with Gasteiger partial charge in [-0.15, -0.1) is 5.10 Å². The molecule has 0 amide bonds. The highest BCUT2D eigenvalue weighted by Crippen LogP contribution is 2.34. The molecule has 3 rings (SSSR count). The average Bonchev–Trinajstić information content (AvgIpc) is 2.73. The zero-order chi connectivity index (χ0) is 21.7. The molecule has 0 unspecified atom stereocenters. The fourth-order valence-electron chi connectivity index (χ4n) is 2.62. The van der Waals surface area contributed by atoms with Crippen molar-refractivity contribution in [2.75, 3.05) is 10.6 Å². The number of anilines is 4. The van der Waals surface area contributed by atoms with Crippen LogP contribution in [-0.4, -0.2) is 14.8 Å². The zero-order valence-corrected chi connectivity index (χ0v) is 19.0. The summed E-state index contributed by atoms with van der Waals surface area (Å²) in [6.45, 7) is 0. The normalized spacial score (nSPS) is 10.2. The van der Waals surface area contributed by atoms with E-state index in [0.717, 1.165) is 14.5 Å². The van der Waals surface area contributed by atoms with Gasteiger partial charge in [-0.3, -0.25) is 4.79 Å². The Kier molecular flexibility index (Phi) is 6.83. The van der Waals surface area contributed by atoms with Crippen LogP contribution in [0.25, 0.3) is 0 Å². The summed E-state index contributed by atoms with van der Waals surface area (Å²) in [5.74, 6) is 0.317. The van der Waals surface area contributed by atoms with Crippen molar-refractivity contribution in [3.8, 4) is 12.1 Å². The molecule has 150 valence electrons. The molecule has 2 N–H and O–H groups in total. The smallest absolute Gasteiger partial charge is 0.309 e. The number of nitrogens with zero attached hydrogens (tertiary/aromatic N) is 5. The van der Waals surface area contributed by atoms with E-state index in [0.29, 0.717) is 29.8 Å². The Hall–Kier alpha value is -3.21. The SMILES string of the molecule is Cn1nc(Nc2c(Br)cc(CCC#N)cc2Br)nc(Nc2ccc(C#N)cc2)c1=O. The van der Waals surface area contributed by atoms with E-state index in [4.69, 9.17) is 10.5 Å². The molecule has 0 saturated heterocycles. The first-order valence-electron chi connectivity index (χ1n) is 8.75. The third-order valence-corrected chi connectivity index (χ3v) is 5.35. The molecule has 0 aliphatic carbocycles. The van der Waals surface area contributed by atoms with E-state index in [1.165, 1.54) is 11.7 Å². The molecule has 2 aromatic carbocycles. The number of nitrogens with one attached hydrogen (secondary N) is 2. The quantitative estimate of drug-likeness (QED) is 0.482. The number of rotatable bonds is 6. The molecule has 8 nitrogen and oxygen atoms in total. The zero-order valence-electron chi connectivity index (χ0n) is 15.8. The van der Waals surface area contributed by atoms with Gasteiger partial charge in [0.1, 0.15) is 0 Å². The van der Waals surface area contributed by atoms with Crippen LogP contribution in [0.15, 0.2) is 50.1 Å². The summed E-state index contributed by atoms with van der Waals surface area (Å²) in [5, 5.41) is 27.9. The molecule has 0 aliphatic heterocycles. The molecule has 0 fully saturated rings. The van der Waals surface area contributed by atoms with Gasteiger partial charge < -0.3 is 10.6 Å². The highest BCUT2D eigenvalue weighted by Gasteiger charge is 2.13. The van der Waals surface area contributed by atoms with Gasteiger partial charge in [0.2, 0.25) is 11.8 Å². The van der Waals surface area contributed by atoms with Crippen molar-refractivity contribution in [2.45, 2.75) is 12.8 Å². The molecule has 0 atom stereocenters. The lowest BCUT2D eigenvalue weighted by molar-refractivity contribution is 0.699. The van der Waals surface area contributed by atoms with Crippen molar-refractivity contribution in [3.63, 3.8) is 0 Å². The Balaban J connectivity index is 1.89. The van der Waals surface area contributed by atoms with Crippen molar-refractivity contribution in [2.24, 2.45) is 7.05 Å². The van der Waals surface area contributed by atoms with E-state index in [9.17, 15) is 4.79 Å². The van der Waals surface area contributed by atoms with Gasteiger partial charge in [-0.05, 0) is 80.2 Å². The number of aromatic nitrogens is 3. The molecule has 3 aromatic rings. The number of hydrogen-bond acceptors (Lipinski definition) is 7. The van der Waals surface area contributed by atoms with Crippen LogP contribution in [0.4, 0.5) is 23.1 Å². The molecular formula is C20H15Br2N7O. The predicted octanol–water partition coefficient (Wildman–Crippen LogP) is 4.52. The maximum absolute atomic E-state index is 12.4. The maximum atomic E-state index is 12.4. The molecule has 1 heterocycles. The van der Waals surface area contributed by atoms with Crippen molar-refractivity contribution in [1.29, 1.82) is 10.5 Å². The number of halogens is 2. The summed E-state index contributed by atoms with van der Waals surface area (Å²) in [7, 11) is 1.54. The van der Waals surface area contributed by atoms with E-state index < -0.39 is 5.56 Å². The van der Waals surface area contributed by atoms with E-state index in [1.807, 2.05) is 18.2 Å². The second kappa shape index (κ2) is 9.53. The summed E-state index contributed by atoms with van der Waals surface area (Å²) >= 11 is 7.05. The van der Waals surface area contributed by atoms with Crippen LogP contribution in [0.5, 0.6) is 0 Å². The Labute approximate surface area is 189 Å². The molecule has 0 spiro atoms. The molecule has 0 saturated carbocycles. The van der Waals surface area contributed by atoms with Crippen LogP contribution in [0.3, 0.4) is 0 Å². The minimum absolute atomic E-state index is 0.0950. The topological polar surface area (TPSA) is 119 Å². The molecule has 30 heavy (non-hydrogen) atoms. The third kappa shape index (κ3) is 5.03. The van der Waals surface area contributed by atoms with Crippen LogP contribution in [0.2, 0.25) is 0 Å². The minimum Gasteiger partial charge on any atom is -0.335 e. The Morgan fingerprint density at radius 3 is 2.37 bits per heavy atom. The van der Waals surface area contributed by atoms with Crippen LogP contribution in [-0.2, 0) is 13.5 Å². The second-order valence-corrected chi connectivity index (χ2v) is 7.95. The van der Waals surface area contributed by atoms with Crippen molar-refractivity contribution in [1.82, 2.24) is 14.8 Å². The molecule has 0 radical (unpaired) electrons. The largest absolute Gasteiger partial charge is 0.335 e. The van der Waals surface area contributed by atoms with Gasteiger partial charge in [0.05, 0.1) is 23.4 Å². The van der Waals surface area contributed by atoms with Gasteiger partial charge in [-0.25, -0.2) is 4.68 Å². The third-order valence-electron chi connectivity index (χ3n) is 4.10. The van der Waals surface area contributed by atoms with Gasteiger partial charge in [0, 0.05) is 28.1 Å². The average molecular weight is 529 g/mol. The van der Waals surface area contributed by atoms with E-state index in [2.05, 4.69) is 58.6 Å². The van der Waals surface area contributed by atoms with Crippen LogP contribution >= 0.6 is 31.9 Å². The molecular weight excluding hydrogens is 514 g/mol. The van der Waals surface area contributed by atoms with Crippen LogP contribution < -0.4 is 16.2 Å². The number of nitriles is 2. The van der Waals surface area contributed by atoms with Gasteiger partial charge in [0.25, 0.3) is 0 Å². The molecule has 0 aliphatic rings. The van der Waals surface area contributed by atoms with Crippen molar-refractivity contribution >= 4 is 55.0 Å². The highest BCUT2D eigenvalue weighted by molar-refractivity contribution is 9.11. The van der Waals surface area contributed by atoms with Gasteiger partial charge in [0.15, 0.2) is 0 Å². The lowest BCUT2D eigenvalue weighted by Gasteiger charge is -2.13. The fraction of sp³-hybridized carbons (Fsp3) is 0.150. The highest BCUT2D eigenvalue weighted by atomic mass is 79.9. The lowest BCUT2D eigenvalue weighted by atomic mass is 10.1. The van der Waals surface area contributed by atoms with Crippen molar-refractivity contribution < 1.29 is 0 Å². The standard InChI is InChI=1S/C20H15Br2N7O/c1-29-19(30)18(25-14-6-4-12(11-24)5-7-14)27-20(28-29)26-17-15(21)9-13(3-2-8-23)10-16(17)22/h4-7,9-10H,2-3H2,1H3,(H2,25,26,27,28). The number of benzene rings is 2. The number of hydrogen-bond donors (Lipinski definition) is 2. The van der Waals surface area contributed by atoms with Crippen LogP contribution in [0, 0.1) is 22.7 Å². The summed E-state index contributed by atoms with van der Waals surface area (Å²) in [4.78, 5) is 16.7. The Bertz CT molecular complexity index is 1200. The van der Waals surface area contributed by atoms with E-state index in [-0.39, 0.29) is 11.8 Å². The summed E-state index contributed by atoms with van der Waals surface area (Å²) < 4.78 is 2.72. The fourth-order valence-corrected chi connectivity index (χ4v) is 4.10. The molecule has 0 bridgehead atoms. The van der Waals surface area contributed by atoms with E-state index in [1.54, 1.807) is 24.3 Å². The number of aryl methyl sites for hydroxylation is 2. The van der Waals surface area contributed by atoms with Crippen molar-refractivity contribution in [3.05, 3.63) is 66.8 Å². The Morgan fingerprint density at radius 1 is 1.10 bits per heavy atom. The van der Waals surface area contributed by atoms with Gasteiger partial charge in [-0.2, -0.15) is 15.5 Å². The van der Waals surface area contributed by atoms with E-state index >= 15 is 0 Å². The molecule has 1 aromatic heterocycles. The maximum Gasteiger partial charge on any atom is 0.309 e.